The summed E-state index contributed by atoms with van der Waals surface area (Å²) in [5.41, 5.74) is 5.32. The Morgan fingerprint density at radius 2 is 1.94 bits per heavy atom. The third kappa shape index (κ3) is 8.68. The van der Waals surface area contributed by atoms with Crippen LogP contribution in [0.2, 0.25) is 0 Å². The highest BCUT2D eigenvalue weighted by molar-refractivity contribution is 5.77. The molecule has 0 fully saturated rings. The van der Waals surface area contributed by atoms with Gasteiger partial charge in [-0.25, -0.2) is 0 Å². The molecule has 1 atom stereocenters. The SMILES string of the molecule is CC(C)CC(CNC(=O)CCCCN)C(=O)O. The van der Waals surface area contributed by atoms with Crippen molar-refractivity contribution in [2.45, 2.75) is 39.5 Å². The van der Waals surface area contributed by atoms with Crippen LogP contribution in [0.4, 0.5) is 0 Å². The summed E-state index contributed by atoms with van der Waals surface area (Å²) in [5.74, 6) is -1.12. The molecule has 1 unspecified atom stereocenters. The molecule has 100 valence electrons. The number of aliphatic carboxylic acids is 1. The topological polar surface area (TPSA) is 92.4 Å². The second-order valence-corrected chi connectivity index (χ2v) is 4.71. The molecule has 0 radical (unpaired) electrons. The number of carboxylic acids is 1. The van der Waals surface area contributed by atoms with Crippen molar-refractivity contribution in [3.05, 3.63) is 0 Å². The quantitative estimate of drug-likeness (QED) is 0.527. The van der Waals surface area contributed by atoms with Gasteiger partial charge in [-0.2, -0.15) is 0 Å². The molecule has 0 aromatic carbocycles. The number of carbonyl (C=O) groups is 2. The number of hydrogen-bond acceptors (Lipinski definition) is 3. The number of hydrogen-bond donors (Lipinski definition) is 3. The third-order valence-corrected chi connectivity index (χ3v) is 2.51. The molecule has 0 aliphatic rings. The smallest absolute Gasteiger partial charge is 0.308 e. The summed E-state index contributed by atoms with van der Waals surface area (Å²) in [5, 5.41) is 11.6. The van der Waals surface area contributed by atoms with Gasteiger partial charge in [0.1, 0.15) is 0 Å². The van der Waals surface area contributed by atoms with Crippen molar-refractivity contribution in [2.75, 3.05) is 13.1 Å². The van der Waals surface area contributed by atoms with E-state index in [9.17, 15) is 9.59 Å². The Balaban J connectivity index is 3.87. The Morgan fingerprint density at radius 1 is 1.29 bits per heavy atom. The molecule has 0 aromatic heterocycles. The van der Waals surface area contributed by atoms with E-state index in [-0.39, 0.29) is 12.5 Å². The van der Waals surface area contributed by atoms with Crippen LogP contribution >= 0.6 is 0 Å². The van der Waals surface area contributed by atoms with Crippen LogP contribution in [0.1, 0.15) is 39.5 Å². The predicted octanol–water partition coefficient (Wildman–Crippen LogP) is 0.979. The molecule has 1 amide bonds. The first-order valence-electron chi connectivity index (χ1n) is 6.17. The summed E-state index contributed by atoms with van der Waals surface area (Å²) in [4.78, 5) is 22.3. The van der Waals surface area contributed by atoms with Gasteiger partial charge in [-0.05, 0) is 31.7 Å². The zero-order valence-corrected chi connectivity index (χ0v) is 10.7. The molecule has 5 heteroatoms. The molecular formula is C12H24N2O3. The van der Waals surface area contributed by atoms with Crippen LogP contribution in [-0.2, 0) is 9.59 Å². The van der Waals surface area contributed by atoms with Crippen LogP contribution in [0.3, 0.4) is 0 Å². The second-order valence-electron chi connectivity index (χ2n) is 4.71. The van der Waals surface area contributed by atoms with Gasteiger partial charge >= 0.3 is 5.97 Å². The minimum Gasteiger partial charge on any atom is -0.481 e. The number of unbranched alkanes of at least 4 members (excludes halogenated alkanes) is 1. The lowest BCUT2D eigenvalue weighted by molar-refractivity contribution is -0.142. The van der Waals surface area contributed by atoms with Gasteiger partial charge in [-0.3, -0.25) is 9.59 Å². The van der Waals surface area contributed by atoms with Crippen molar-refractivity contribution < 1.29 is 14.7 Å². The number of nitrogens with one attached hydrogen (secondary N) is 1. The Morgan fingerprint density at radius 3 is 2.41 bits per heavy atom. The van der Waals surface area contributed by atoms with E-state index in [1.807, 2.05) is 13.8 Å². The summed E-state index contributed by atoms with van der Waals surface area (Å²) in [6, 6.07) is 0. The Labute approximate surface area is 103 Å². The van der Waals surface area contributed by atoms with Crippen LogP contribution in [0.15, 0.2) is 0 Å². The first kappa shape index (κ1) is 15.9. The van der Waals surface area contributed by atoms with Crippen molar-refractivity contribution in [2.24, 2.45) is 17.6 Å². The maximum atomic E-state index is 11.4. The van der Waals surface area contributed by atoms with Crippen molar-refractivity contribution in [1.29, 1.82) is 0 Å². The van der Waals surface area contributed by atoms with E-state index in [4.69, 9.17) is 10.8 Å². The molecule has 4 N–H and O–H groups in total. The van der Waals surface area contributed by atoms with Crippen LogP contribution < -0.4 is 11.1 Å². The number of rotatable bonds is 9. The normalized spacial score (nSPS) is 12.5. The molecule has 0 rings (SSSR count). The molecule has 0 saturated heterocycles. The average Bonchev–Trinajstić information content (AvgIpc) is 2.23. The average molecular weight is 244 g/mol. The second kappa shape index (κ2) is 8.98. The van der Waals surface area contributed by atoms with Gasteiger partial charge in [0.15, 0.2) is 0 Å². The first-order chi connectivity index (χ1) is 7.97. The predicted molar refractivity (Wildman–Crippen MR) is 66.5 cm³/mol. The van der Waals surface area contributed by atoms with Gasteiger partial charge in [0, 0.05) is 13.0 Å². The summed E-state index contributed by atoms with van der Waals surface area (Å²) < 4.78 is 0. The Hall–Kier alpha value is -1.10. The number of nitrogens with two attached hydrogens (primary N) is 1. The maximum Gasteiger partial charge on any atom is 0.308 e. The van der Waals surface area contributed by atoms with Gasteiger partial charge in [0.2, 0.25) is 5.91 Å². The summed E-state index contributed by atoms with van der Waals surface area (Å²) in [6.07, 6.45) is 2.58. The fourth-order valence-corrected chi connectivity index (χ4v) is 1.60. The molecule has 17 heavy (non-hydrogen) atoms. The monoisotopic (exact) mass is 244 g/mol. The Kier molecular flexibility index (Phi) is 8.40. The van der Waals surface area contributed by atoms with Gasteiger partial charge in [0.05, 0.1) is 5.92 Å². The molecule has 0 bridgehead atoms. The minimum absolute atomic E-state index is 0.0894. The number of amides is 1. The van der Waals surface area contributed by atoms with E-state index >= 15 is 0 Å². The van der Waals surface area contributed by atoms with Crippen molar-refractivity contribution >= 4 is 11.9 Å². The highest BCUT2D eigenvalue weighted by Gasteiger charge is 2.19. The van der Waals surface area contributed by atoms with Crippen LogP contribution in [0.25, 0.3) is 0 Å². The van der Waals surface area contributed by atoms with Gasteiger partial charge < -0.3 is 16.2 Å². The zero-order chi connectivity index (χ0) is 13.3. The fraction of sp³-hybridized carbons (Fsp3) is 0.833. The minimum atomic E-state index is -0.846. The highest BCUT2D eigenvalue weighted by atomic mass is 16.4. The van der Waals surface area contributed by atoms with Crippen molar-refractivity contribution in [1.82, 2.24) is 5.32 Å². The van der Waals surface area contributed by atoms with Gasteiger partial charge in [-0.1, -0.05) is 13.8 Å². The number of carboxylic acid groups (broad SMARTS) is 1. The maximum absolute atomic E-state index is 11.4. The van der Waals surface area contributed by atoms with E-state index in [1.54, 1.807) is 0 Å². The van der Waals surface area contributed by atoms with Crippen LogP contribution in [0.5, 0.6) is 0 Å². The molecule has 0 aliphatic carbocycles. The van der Waals surface area contributed by atoms with E-state index in [0.717, 1.165) is 12.8 Å². The molecule has 0 aliphatic heterocycles. The van der Waals surface area contributed by atoms with Crippen LogP contribution in [-0.4, -0.2) is 30.1 Å². The van der Waals surface area contributed by atoms with E-state index in [1.165, 1.54) is 0 Å². The summed E-state index contributed by atoms with van der Waals surface area (Å²) in [7, 11) is 0. The Bertz CT molecular complexity index is 242. The first-order valence-corrected chi connectivity index (χ1v) is 6.17. The van der Waals surface area contributed by atoms with E-state index < -0.39 is 11.9 Å². The standard InChI is InChI=1S/C12H24N2O3/c1-9(2)7-10(12(16)17)8-14-11(15)5-3-4-6-13/h9-10H,3-8,13H2,1-2H3,(H,14,15)(H,16,17). The molecule has 5 nitrogen and oxygen atoms in total. The highest BCUT2D eigenvalue weighted by Crippen LogP contribution is 2.11. The van der Waals surface area contributed by atoms with Crippen molar-refractivity contribution in [3.8, 4) is 0 Å². The lowest BCUT2D eigenvalue weighted by Crippen LogP contribution is -2.33. The summed E-state index contributed by atoms with van der Waals surface area (Å²) in [6.45, 7) is 4.74. The van der Waals surface area contributed by atoms with Gasteiger partial charge in [0.25, 0.3) is 0 Å². The van der Waals surface area contributed by atoms with Crippen LogP contribution in [0, 0.1) is 11.8 Å². The van der Waals surface area contributed by atoms with Gasteiger partial charge in [-0.15, -0.1) is 0 Å². The molecule has 0 spiro atoms. The molecule has 0 aromatic rings. The molecule has 0 heterocycles. The lowest BCUT2D eigenvalue weighted by atomic mass is 9.97. The lowest BCUT2D eigenvalue weighted by Gasteiger charge is -2.15. The van der Waals surface area contributed by atoms with E-state index in [2.05, 4.69) is 5.32 Å². The van der Waals surface area contributed by atoms with Crippen molar-refractivity contribution in [3.63, 3.8) is 0 Å². The molecule has 0 saturated carbocycles. The fourth-order valence-electron chi connectivity index (χ4n) is 1.60. The summed E-state index contributed by atoms with van der Waals surface area (Å²) >= 11 is 0. The van der Waals surface area contributed by atoms with E-state index in [0.29, 0.717) is 25.3 Å². The molecular weight excluding hydrogens is 220 g/mol. The zero-order valence-electron chi connectivity index (χ0n) is 10.7. The largest absolute Gasteiger partial charge is 0.481 e. The third-order valence-electron chi connectivity index (χ3n) is 2.51. The number of carbonyl (C=O) groups excluding carboxylic acids is 1.